The molecule has 1 fully saturated rings. The highest BCUT2D eigenvalue weighted by Gasteiger charge is 2.19. The highest BCUT2D eigenvalue weighted by molar-refractivity contribution is 6.06. The first-order valence-corrected chi connectivity index (χ1v) is 9.53. The van der Waals surface area contributed by atoms with E-state index in [-0.39, 0.29) is 5.91 Å². The Bertz CT molecular complexity index is 1010. The van der Waals surface area contributed by atoms with Crippen molar-refractivity contribution in [3.05, 3.63) is 24.0 Å². The van der Waals surface area contributed by atoms with E-state index in [0.29, 0.717) is 25.4 Å². The van der Waals surface area contributed by atoms with Crippen molar-refractivity contribution in [1.29, 1.82) is 0 Å². The van der Waals surface area contributed by atoms with Crippen molar-refractivity contribution in [3.8, 4) is 5.75 Å². The predicted molar refractivity (Wildman–Crippen MR) is 106 cm³/mol. The number of nitrogens with two attached hydrogens (primary N) is 1. The number of nitrogen functional groups attached to an aromatic ring is 1. The van der Waals surface area contributed by atoms with E-state index in [1.54, 1.807) is 0 Å². The van der Waals surface area contributed by atoms with E-state index >= 15 is 0 Å². The molecule has 1 amide bonds. The zero-order valence-electron chi connectivity index (χ0n) is 15.9. The molecule has 7 nitrogen and oxygen atoms in total. The average Bonchev–Trinajstić information content (AvgIpc) is 3.20. The summed E-state index contributed by atoms with van der Waals surface area (Å²) in [6.45, 7) is 4.06. The largest absolute Gasteiger partial charge is 0.492 e. The van der Waals surface area contributed by atoms with E-state index in [2.05, 4.69) is 21.5 Å². The first kappa shape index (κ1) is 17.6. The molecule has 3 heterocycles. The Morgan fingerprint density at radius 1 is 1.30 bits per heavy atom. The number of anilines is 1. The zero-order chi connectivity index (χ0) is 19.0. The number of carbonyl (C=O) groups is 1. The van der Waals surface area contributed by atoms with Crippen molar-refractivity contribution in [2.75, 3.05) is 25.4 Å². The number of hydrogen-bond donors (Lipinski definition) is 1. The van der Waals surface area contributed by atoms with Gasteiger partial charge in [0.05, 0.1) is 17.6 Å². The molecule has 1 aromatic carbocycles. The summed E-state index contributed by atoms with van der Waals surface area (Å²) in [5.74, 6) is 2.41. The van der Waals surface area contributed by atoms with Crippen molar-refractivity contribution in [2.24, 2.45) is 7.05 Å². The lowest BCUT2D eigenvalue weighted by Crippen LogP contribution is -2.29. The van der Waals surface area contributed by atoms with Crippen LogP contribution in [0.3, 0.4) is 0 Å². The van der Waals surface area contributed by atoms with Gasteiger partial charge in [0.2, 0.25) is 5.91 Å². The number of nitrogens with zero attached hydrogens (tertiary/aromatic N) is 4. The van der Waals surface area contributed by atoms with Gasteiger partial charge >= 0.3 is 0 Å². The van der Waals surface area contributed by atoms with Crippen LogP contribution < -0.4 is 10.5 Å². The molecule has 7 heteroatoms. The van der Waals surface area contributed by atoms with Gasteiger partial charge in [-0.15, -0.1) is 0 Å². The second kappa shape index (κ2) is 7.06. The monoisotopic (exact) mass is 367 g/mol. The topological polar surface area (TPSA) is 86.3 Å². The molecule has 1 aliphatic rings. The molecule has 0 aliphatic carbocycles. The molecule has 2 aromatic heterocycles. The molecule has 0 spiro atoms. The van der Waals surface area contributed by atoms with Gasteiger partial charge in [-0.3, -0.25) is 4.79 Å². The Morgan fingerprint density at radius 2 is 2.15 bits per heavy atom. The van der Waals surface area contributed by atoms with Crippen LogP contribution in [0.15, 0.2) is 18.2 Å². The number of amides is 1. The lowest BCUT2D eigenvalue weighted by molar-refractivity contribution is -0.128. The number of carbonyl (C=O) groups excluding carboxylic acids is 1. The van der Waals surface area contributed by atoms with Crippen LogP contribution in [0.2, 0.25) is 0 Å². The summed E-state index contributed by atoms with van der Waals surface area (Å²) >= 11 is 0. The van der Waals surface area contributed by atoms with E-state index in [1.807, 2.05) is 30.1 Å². The molecule has 3 aromatic rings. The minimum absolute atomic E-state index is 0.216. The summed E-state index contributed by atoms with van der Waals surface area (Å²) in [5.41, 5.74) is 8.74. The lowest BCUT2D eigenvalue weighted by Gasteiger charge is -2.16. The smallest absolute Gasteiger partial charge is 0.222 e. The molecule has 0 saturated carbocycles. The Hall–Kier alpha value is -2.83. The third-order valence-corrected chi connectivity index (χ3v) is 5.17. The van der Waals surface area contributed by atoms with E-state index in [4.69, 9.17) is 10.5 Å². The molecule has 1 saturated heterocycles. The maximum Gasteiger partial charge on any atom is 0.222 e. The molecular weight excluding hydrogens is 342 g/mol. The molecule has 0 bridgehead atoms. The summed E-state index contributed by atoms with van der Waals surface area (Å²) in [4.78, 5) is 22.7. The Kier molecular flexibility index (Phi) is 4.59. The van der Waals surface area contributed by atoms with Gasteiger partial charge in [0.15, 0.2) is 5.82 Å². The first-order chi connectivity index (χ1) is 13.1. The minimum Gasteiger partial charge on any atom is -0.492 e. The molecular formula is C20H25N5O2. The van der Waals surface area contributed by atoms with E-state index in [9.17, 15) is 4.79 Å². The van der Waals surface area contributed by atoms with Crippen LogP contribution in [0.4, 0.5) is 5.82 Å². The summed E-state index contributed by atoms with van der Waals surface area (Å²) in [6, 6.07) is 5.86. The number of ether oxygens (including phenoxy) is 1. The Morgan fingerprint density at radius 3 is 2.89 bits per heavy atom. The van der Waals surface area contributed by atoms with Crippen LogP contribution in [-0.2, 0) is 18.3 Å². The van der Waals surface area contributed by atoms with Gasteiger partial charge in [0.25, 0.3) is 0 Å². The number of hydrogen-bond acceptors (Lipinski definition) is 5. The van der Waals surface area contributed by atoms with E-state index in [1.165, 1.54) is 0 Å². The van der Waals surface area contributed by atoms with Crippen LogP contribution in [0.5, 0.6) is 5.75 Å². The predicted octanol–water partition coefficient (Wildman–Crippen LogP) is 2.66. The first-order valence-electron chi connectivity index (χ1n) is 9.53. The van der Waals surface area contributed by atoms with Crippen LogP contribution in [-0.4, -0.2) is 45.0 Å². The van der Waals surface area contributed by atoms with Crippen molar-refractivity contribution < 1.29 is 9.53 Å². The maximum atomic E-state index is 11.7. The maximum absolute atomic E-state index is 11.7. The molecule has 142 valence electrons. The quantitative estimate of drug-likeness (QED) is 0.724. The number of benzene rings is 1. The summed E-state index contributed by atoms with van der Waals surface area (Å²) in [5, 5.41) is 1.01. The molecule has 27 heavy (non-hydrogen) atoms. The fourth-order valence-corrected chi connectivity index (χ4v) is 3.77. The number of likely N-dealkylation sites (tertiary alicyclic amines) is 1. The Balaban J connectivity index is 1.61. The zero-order valence-corrected chi connectivity index (χ0v) is 15.9. The van der Waals surface area contributed by atoms with Crippen molar-refractivity contribution in [3.63, 3.8) is 0 Å². The number of rotatable bonds is 6. The lowest BCUT2D eigenvalue weighted by atomic mass is 10.1. The molecule has 0 unspecified atom stereocenters. The van der Waals surface area contributed by atoms with Crippen LogP contribution in [0.25, 0.3) is 21.9 Å². The summed E-state index contributed by atoms with van der Waals surface area (Å²) in [7, 11) is 2.02. The third kappa shape index (κ3) is 3.18. The van der Waals surface area contributed by atoms with Gasteiger partial charge in [-0.05, 0) is 25.0 Å². The molecule has 4 rings (SSSR count). The van der Waals surface area contributed by atoms with Crippen LogP contribution in [0, 0.1) is 0 Å². The van der Waals surface area contributed by atoms with Gasteiger partial charge in [-0.25, -0.2) is 9.97 Å². The number of pyridine rings is 1. The second-order valence-corrected chi connectivity index (χ2v) is 7.04. The molecule has 2 N–H and O–H groups in total. The SMILES string of the molecule is CCCc1nc2c(N)nc3cc(OCCN4CCCC4=O)ccc3c2n1C. The van der Waals surface area contributed by atoms with Crippen molar-refractivity contribution >= 4 is 33.7 Å². The van der Waals surface area contributed by atoms with Crippen molar-refractivity contribution in [2.45, 2.75) is 32.6 Å². The second-order valence-electron chi connectivity index (χ2n) is 7.04. The average molecular weight is 367 g/mol. The summed E-state index contributed by atoms with van der Waals surface area (Å²) < 4.78 is 7.96. The van der Waals surface area contributed by atoms with E-state index < -0.39 is 0 Å². The van der Waals surface area contributed by atoms with Gasteiger partial charge in [0, 0.05) is 37.9 Å². The number of imidazole rings is 1. The molecule has 0 atom stereocenters. The normalized spacial score (nSPS) is 14.6. The Labute approximate surface area is 158 Å². The molecule has 0 radical (unpaired) electrons. The fraction of sp³-hybridized carbons (Fsp3) is 0.450. The highest BCUT2D eigenvalue weighted by Crippen LogP contribution is 2.30. The standard InChI is InChI=1S/C20H25N5O2/c1-3-5-16-23-18-19(24(16)2)14-8-7-13(12-15(14)22-20(18)21)27-11-10-25-9-4-6-17(25)26/h7-8,12H,3-6,9-11H2,1-2H3,(H2,21,22). The van der Waals surface area contributed by atoms with Crippen LogP contribution in [0.1, 0.15) is 32.0 Å². The van der Waals surface area contributed by atoms with Crippen LogP contribution >= 0.6 is 0 Å². The van der Waals surface area contributed by atoms with Crippen molar-refractivity contribution in [1.82, 2.24) is 19.4 Å². The van der Waals surface area contributed by atoms with Gasteiger partial charge in [-0.1, -0.05) is 6.92 Å². The van der Waals surface area contributed by atoms with Gasteiger partial charge < -0.3 is 19.9 Å². The summed E-state index contributed by atoms with van der Waals surface area (Å²) in [6.07, 6.45) is 3.53. The molecule has 1 aliphatic heterocycles. The van der Waals surface area contributed by atoms with E-state index in [0.717, 1.165) is 59.3 Å². The number of aryl methyl sites for hydroxylation is 2. The number of aromatic nitrogens is 3. The van der Waals surface area contributed by atoms with Gasteiger partial charge in [-0.2, -0.15) is 0 Å². The van der Waals surface area contributed by atoms with Gasteiger partial charge in [0.1, 0.15) is 23.7 Å². The minimum atomic E-state index is 0.216. The highest BCUT2D eigenvalue weighted by atomic mass is 16.5. The number of fused-ring (bicyclic) bond motifs is 3. The fourth-order valence-electron chi connectivity index (χ4n) is 3.77. The third-order valence-electron chi connectivity index (χ3n) is 5.17.